The fraction of sp³-hybridized carbons (Fsp3) is 0.700. The van der Waals surface area contributed by atoms with E-state index in [4.69, 9.17) is 4.74 Å². The van der Waals surface area contributed by atoms with E-state index in [0.29, 0.717) is 18.5 Å². The number of fused-ring (bicyclic) bond motifs is 1. The van der Waals surface area contributed by atoms with Gasteiger partial charge in [-0.1, -0.05) is 18.9 Å². The monoisotopic (exact) mass is 358 g/mol. The summed E-state index contributed by atoms with van der Waals surface area (Å²) in [6, 6.07) is 4.63. The molecule has 6 heteroatoms. The zero-order valence-electron chi connectivity index (χ0n) is 15.6. The number of carbonyl (C=O) groups is 1. The summed E-state index contributed by atoms with van der Waals surface area (Å²) < 4.78 is 5.58. The zero-order chi connectivity index (χ0) is 17.9. The second-order valence-electron chi connectivity index (χ2n) is 7.98. The Bertz CT molecular complexity index is 607. The molecule has 1 saturated carbocycles. The third kappa shape index (κ3) is 4.01. The van der Waals surface area contributed by atoms with Gasteiger partial charge in [-0.05, 0) is 43.7 Å². The van der Waals surface area contributed by atoms with Gasteiger partial charge in [0.05, 0.1) is 18.8 Å². The van der Waals surface area contributed by atoms with Crippen LogP contribution in [-0.4, -0.2) is 48.8 Å². The number of morpholine rings is 1. The Balaban J connectivity index is 1.27. The summed E-state index contributed by atoms with van der Waals surface area (Å²) in [6.07, 6.45) is 8.21. The van der Waals surface area contributed by atoms with Gasteiger partial charge in [0.1, 0.15) is 5.82 Å². The molecule has 1 aromatic heterocycles. The lowest BCUT2D eigenvalue weighted by Gasteiger charge is -2.32. The number of hydrogen-bond donors (Lipinski definition) is 2. The van der Waals surface area contributed by atoms with Crippen LogP contribution in [0.5, 0.6) is 0 Å². The first-order valence-corrected chi connectivity index (χ1v) is 10.0. The van der Waals surface area contributed by atoms with Crippen molar-refractivity contribution < 1.29 is 9.53 Å². The Morgan fingerprint density at radius 1 is 1.38 bits per heavy atom. The lowest BCUT2D eigenvalue weighted by Crippen LogP contribution is -2.43. The molecule has 3 aliphatic rings. The Kier molecular flexibility index (Phi) is 5.41. The van der Waals surface area contributed by atoms with E-state index < -0.39 is 0 Å². The highest BCUT2D eigenvalue weighted by Crippen LogP contribution is 2.33. The normalized spacial score (nSPS) is 31.5. The first-order chi connectivity index (χ1) is 12.7. The van der Waals surface area contributed by atoms with Gasteiger partial charge in [-0.2, -0.15) is 0 Å². The largest absolute Gasteiger partial charge is 0.375 e. The van der Waals surface area contributed by atoms with E-state index in [1.165, 1.54) is 25.7 Å². The number of carbonyl (C=O) groups excluding carboxylic acids is 1. The topological polar surface area (TPSA) is 66.5 Å². The number of aromatic nitrogens is 1. The van der Waals surface area contributed by atoms with Gasteiger partial charge in [0.15, 0.2) is 0 Å². The number of hydrogen-bond acceptors (Lipinski definition) is 5. The Hall–Kier alpha value is -1.66. The maximum Gasteiger partial charge on any atom is 0.237 e. The number of ether oxygens (including phenoxy) is 1. The van der Waals surface area contributed by atoms with Crippen LogP contribution in [-0.2, 0) is 16.1 Å². The number of pyridine rings is 1. The van der Waals surface area contributed by atoms with Crippen molar-refractivity contribution in [2.24, 2.45) is 5.92 Å². The minimum Gasteiger partial charge on any atom is -0.375 e. The van der Waals surface area contributed by atoms with Crippen molar-refractivity contribution >= 4 is 11.7 Å². The number of nitrogens with zero attached hydrogens (tertiary/aromatic N) is 2. The van der Waals surface area contributed by atoms with Crippen molar-refractivity contribution in [1.82, 2.24) is 15.6 Å². The second kappa shape index (κ2) is 7.92. The van der Waals surface area contributed by atoms with E-state index in [-0.39, 0.29) is 18.1 Å². The molecule has 0 spiro atoms. The Morgan fingerprint density at radius 3 is 3.04 bits per heavy atom. The van der Waals surface area contributed by atoms with Gasteiger partial charge in [-0.15, -0.1) is 0 Å². The molecule has 2 aliphatic heterocycles. The molecule has 0 radical (unpaired) electrons. The summed E-state index contributed by atoms with van der Waals surface area (Å²) in [7, 11) is 0. The average molecular weight is 358 g/mol. The molecule has 3 fully saturated rings. The van der Waals surface area contributed by atoms with Gasteiger partial charge >= 0.3 is 0 Å². The zero-order valence-corrected chi connectivity index (χ0v) is 15.6. The van der Waals surface area contributed by atoms with Crippen LogP contribution >= 0.6 is 0 Å². The fourth-order valence-electron chi connectivity index (χ4n) is 4.57. The van der Waals surface area contributed by atoms with Crippen LogP contribution in [0, 0.1) is 5.92 Å². The van der Waals surface area contributed by atoms with Gasteiger partial charge < -0.3 is 20.3 Å². The first kappa shape index (κ1) is 17.7. The van der Waals surface area contributed by atoms with E-state index in [2.05, 4.69) is 33.5 Å². The van der Waals surface area contributed by atoms with Crippen LogP contribution in [0.25, 0.3) is 0 Å². The van der Waals surface area contributed by atoms with Crippen molar-refractivity contribution in [3.8, 4) is 0 Å². The molecule has 142 valence electrons. The van der Waals surface area contributed by atoms with E-state index in [9.17, 15) is 4.79 Å². The van der Waals surface area contributed by atoms with Gasteiger partial charge in [-0.25, -0.2) is 4.98 Å². The van der Waals surface area contributed by atoms with Gasteiger partial charge in [0, 0.05) is 31.9 Å². The van der Waals surface area contributed by atoms with Crippen LogP contribution in [0.4, 0.5) is 5.82 Å². The highest BCUT2D eigenvalue weighted by molar-refractivity contribution is 5.82. The van der Waals surface area contributed by atoms with Crippen LogP contribution in [0.2, 0.25) is 0 Å². The molecule has 0 aromatic carbocycles. The van der Waals surface area contributed by atoms with Gasteiger partial charge in [0.25, 0.3) is 0 Å². The van der Waals surface area contributed by atoms with Crippen LogP contribution in [0.3, 0.4) is 0 Å². The Labute approximate surface area is 155 Å². The molecule has 0 bridgehead atoms. The highest BCUT2D eigenvalue weighted by Gasteiger charge is 2.37. The van der Waals surface area contributed by atoms with Crippen molar-refractivity contribution in [3.63, 3.8) is 0 Å². The van der Waals surface area contributed by atoms with E-state index in [1.807, 2.05) is 12.3 Å². The van der Waals surface area contributed by atoms with E-state index in [1.54, 1.807) is 0 Å². The maximum atomic E-state index is 12.5. The van der Waals surface area contributed by atoms with Crippen LogP contribution in [0.1, 0.15) is 44.6 Å². The summed E-state index contributed by atoms with van der Waals surface area (Å²) in [4.78, 5) is 19.3. The first-order valence-electron chi connectivity index (χ1n) is 10.0. The SMILES string of the molecule is CC1CN(c2ccc(CNC(=O)C3CC4CCCCC4N3)cn2)CCO1. The Morgan fingerprint density at radius 2 is 2.27 bits per heavy atom. The summed E-state index contributed by atoms with van der Waals surface area (Å²) in [6.45, 7) is 5.13. The molecule has 1 aromatic rings. The van der Waals surface area contributed by atoms with E-state index in [0.717, 1.165) is 37.5 Å². The molecular weight excluding hydrogens is 328 g/mol. The predicted octanol–water partition coefficient (Wildman–Crippen LogP) is 1.84. The lowest BCUT2D eigenvalue weighted by molar-refractivity contribution is -0.123. The molecule has 1 amide bonds. The predicted molar refractivity (Wildman–Crippen MR) is 101 cm³/mol. The molecule has 2 N–H and O–H groups in total. The van der Waals surface area contributed by atoms with Gasteiger partial charge in [0.2, 0.25) is 5.91 Å². The highest BCUT2D eigenvalue weighted by atomic mass is 16.5. The number of amides is 1. The molecule has 2 saturated heterocycles. The van der Waals surface area contributed by atoms with Crippen LogP contribution < -0.4 is 15.5 Å². The lowest BCUT2D eigenvalue weighted by atomic mass is 9.85. The third-order valence-electron chi connectivity index (χ3n) is 6.02. The van der Waals surface area contributed by atoms with Crippen molar-refractivity contribution in [3.05, 3.63) is 23.9 Å². The summed E-state index contributed by atoms with van der Waals surface area (Å²) >= 11 is 0. The second-order valence-corrected chi connectivity index (χ2v) is 7.98. The van der Waals surface area contributed by atoms with Crippen molar-refractivity contribution in [1.29, 1.82) is 0 Å². The molecule has 4 unspecified atom stereocenters. The fourth-order valence-corrected chi connectivity index (χ4v) is 4.57. The summed E-state index contributed by atoms with van der Waals surface area (Å²) in [5.41, 5.74) is 1.04. The third-order valence-corrected chi connectivity index (χ3v) is 6.02. The standard InChI is InChI=1S/C20H30N4O2/c1-14-13-24(8-9-26-14)19-7-6-15(11-21-19)12-22-20(25)18-10-16-4-2-3-5-17(16)23-18/h6-7,11,14,16-18,23H,2-5,8-10,12-13H2,1H3,(H,22,25). The molecule has 6 nitrogen and oxygen atoms in total. The van der Waals surface area contributed by atoms with E-state index >= 15 is 0 Å². The summed E-state index contributed by atoms with van der Waals surface area (Å²) in [5, 5.41) is 6.62. The molecule has 26 heavy (non-hydrogen) atoms. The smallest absolute Gasteiger partial charge is 0.237 e. The van der Waals surface area contributed by atoms with Crippen molar-refractivity contribution in [2.45, 2.75) is 63.8 Å². The molecule has 4 rings (SSSR count). The number of rotatable bonds is 4. The maximum absolute atomic E-state index is 12.5. The number of nitrogens with one attached hydrogen (secondary N) is 2. The minimum atomic E-state index is -0.0230. The number of anilines is 1. The quantitative estimate of drug-likeness (QED) is 0.860. The summed E-state index contributed by atoms with van der Waals surface area (Å²) in [5.74, 6) is 1.80. The molecule has 4 atom stereocenters. The van der Waals surface area contributed by atoms with Gasteiger partial charge in [-0.3, -0.25) is 4.79 Å². The minimum absolute atomic E-state index is 0.0230. The van der Waals surface area contributed by atoms with Crippen LogP contribution in [0.15, 0.2) is 18.3 Å². The molecule has 3 heterocycles. The van der Waals surface area contributed by atoms with Crippen molar-refractivity contribution in [2.75, 3.05) is 24.6 Å². The molecule has 1 aliphatic carbocycles. The molecular formula is C20H30N4O2. The average Bonchev–Trinajstić information content (AvgIpc) is 3.11.